The highest BCUT2D eigenvalue weighted by atomic mass is 16.5. The van der Waals surface area contributed by atoms with Crippen molar-refractivity contribution in [2.75, 3.05) is 19.5 Å². The van der Waals surface area contributed by atoms with Gasteiger partial charge in [-0.1, -0.05) is 13.3 Å². The van der Waals surface area contributed by atoms with Crippen LogP contribution in [0.3, 0.4) is 0 Å². The summed E-state index contributed by atoms with van der Waals surface area (Å²) in [6, 6.07) is 3.63. The van der Waals surface area contributed by atoms with Crippen molar-refractivity contribution in [2.45, 2.75) is 32.7 Å². The van der Waals surface area contributed by atoms with Crippen LogP contribution in [-0.2, 0) is 22.5 Å². The number of pyridine rings is 1. The molecule has 0 atom stereocenters. The van der Waals surface area contributed by atoms with Gasteiger partial charge in [0.1, 0.15) is 5.52 Å². The number of nitrogens with zero attached hydrogens (tertiary/aromatic N) is 4. The van der Waals surface area contributed by atoms with Gasteiger partial charge in [-0.25, -0.2) is 4.79 Å². The molecule has 0 saturated heterocycles. The molecule has 148 valence electrons. The molecule has 0 aromatic carbocycles. The highest BCUT2D eigenvalue weighted by molar-refractivity contribution is 5.82. The number of unbranched alkanes of at least 4 members (excludes halogenated alkanes) is 1. The van der Waals surface area contributed by atoms with Gasteiger partial charge in [0.05, 0.1) is 32.4 Å². The van der Waals surface area contributed by atoms with Crippen LogP contribution < -0.4 is 16.2 Å². The van der Waals surface area contributed by atoms with E-state index in [2.05, 4.69) is 31.6 Å². The van der Waals surface area contributed by atoms with Gasteiger partial charge in [0.2, 0.25) is 0 Å². The van der Waals surface area contributed by atoms with Gasteiger partial charge in [-0.3, -0.25) is 14.3 Å². The molecule has 0 aliphatic heterocycles. The van der Waals surface area contributed by atoms with E-state index in [1.807, 2.05) is 0 Å². The van der Waals surface area contributed by atoms with E-state index in [1.165, 1.54) is 11.7 Å². The molecule has 3 aromatic rings. The van der Waals surface area contributed by atoms with Crippen molar-refractivity contribution in [3.8, 4) is 6.01 Å². The number of aromatic nitrogens is 5. The van der Waals surface area contributed by atoms with Crippen LogP contribution in [-0.4, -0.2) is 44.2 Å². The van der Waals surface area contributed by atoms with E-state index in [-0.39, 0.29) is 36.5 Å². The molecule has 10 nitrogen and oxygen atoms in total. The van der Waals surface area contributed by atoms with Crippen molar-refractivity contribution in [2.24, 2.45) is 0 Å². The molecule has 0 unspecified atom stereocenters. The number of methoxy groups -OCH3 is 1. The molecule has 10 heteroatoms. The molecular formula is C18H22N6O4. The molecule has 0 bridgehead atoms. The molecule has 3 heterocycles. The number of anilines is 1. The zero-order valence-corrected chi connectivity index (χ0v) is 15.8. The van der Waals surface area contributed by atoms with Crippen molar-refractivity contribution in [1.29, 1.82) is 0 Å². The number of hydrogen-bond acceptors (Lipinski definition) is 8. The average Bonchev–Trinajstić information content (AvgIpc) is 2.98. The maximum atomic E-state index is 12.4. The first-order chi connectivity index (χ1) is 13.5. The third-order valence-electron chi connectivity index (χ3n) is 4.13. The summed E-state index contributed by atoms with van der Waals surface area (Å²) in [4.78, 5) is 39.1. The number of fused-ring (bicyclic) bond motifs is 1. The third kappa shape index (κ3) is 4.27. The fourth-order valence-corrected chi connectivity index (χ4v) is 2.68. The Labute approximate surface area is 160 Å². The van der Waals surface area contributed by atoms with Gasteiger partial charge >= 0.3 is 17.7 Å². The molecule has 0 spiro atoms. The standard InChI is InChI=1S/C18H22N6O4/c1-3-4-7-28-17-22-15(19)14-16(23-17)24(18(26)21-14)10-11-5-6-20-12(8-11)9-13(25)27-2/h5-6,8H,3-4,7,9-10H2,1-2H3,(H,21,26)(H2,19,22,23). The average molecular weight is 386 g/mol. The fraction of sp³-hybridized carbons (Fsp3) is 0.389. The molecule has 0 saturated carbocycles. The second kappa shape index (κ2) is 8.51. The van der Waals surface area contributed by atoms with Gasteiger partial charge in [-0.15, -0.1) is 0 Å². The number of nitrogen functional groups attached to an aromatic ring is 1. The van der Waals surface area contributed by atoms with Crippen LogP contribution in [0.2, 0.25) is 0 Å². The third-order valence-corrected chi connectivity index (χ3v) is 4.13. The topological polar surface area (TPSA) is 138 Å². The minimum absolute atomic E-state index is 0.0532. The van der Waals surface area contributed by atoms with Gasteiger partial charge in [-0.05, 0) is 24.1 Å². The van der Waals surface area contributed by atoms with E-state index in [9.17, 15) is 9.59 Å². The maximum Gasteiger partial charge on any atom is 0.328 e. The Morgan fingerprint density at radius 1 is 1.36 bits per heavy atom. The Kier molecular flexibility index (Phi) is 5.87. The summed E-state index contributed by atoms with van der Waals surface area (Å²) < 4.78 is 11.6. The molecule has 3 rings (SSSR count). The lowest BCUT2D eigenvalue weighted by Crippen LogP contribution is -2.18. The zero-order chi connectivity index (χ0) is 20.1. The van der Waals surface area contributed by atoms with Crippen molar-refractivity contribution in [1.82, 2.24) is 24.5 Å². The van der Waals surface area contributed by atoms with E-state index >= 15 is 0 Å². The first-order valence-electron chi connectivity index (χ1n) is 8.91. The fourth-order valence-electron chi connectivity index (χ4n) is 2.68. The number of H-pyrrole nitrogens is 1. The second-order valence-electron chi connectivity index (χ2n) is 6.22. The summed E-state index contributed by atoms with van der Waals surface area (Å²) in [7, 11) is 1.32. The zero-order valence-electron chi connectivity index (χ0n) is 15.8. The largest absolute Gasteiger partial charge is 0.469 e. The monoisotopic (exact) mass is 386 g/mol. The Hall–Kier alpha value is -3.43. The Bertz CT molecular complexity index is 1040. The first kappa shape index (κ1) is 19.3. The lowest BCUT2D eigenvalue weighted by Gasteiger charge is -2.07. The summed E-state index contributed by atoms with van der Waals surface area (Å²) in [5.41, 5.74) is 7.63. The quantitative estimate of drug-likeness (QED) is 0.432. The Balaban J connectivity index is 1.92. The second-order valence-corrected chi connectivity index (χ2v) is 6.22. The summed E-state index contributed by atoms with van der Waals surface area (Å²) in [5, 5.41) is 0. The number of carbonyl (C=O) groups excluding carboxylic acids is 1. The number of aromatic amines is 1. The van der Waals surface area contributed by atoms with Crippen molar-refractivity contribution in [3.05, 3.63) is 40.1 Å². The van der Waals surface area contributed by atoms with Crippen LogP contribution in [0, 0.1) is 0 Å². The summed E-state index contributed by atoms with van der Waals surface area (Å²) in [6.45, 7) is 2.74. The lowest BCUT2D eigenvalue weighted by molar-refractivity contribution is -0.139. The molecule has 3 aromatic heterocycles. The minimum atomic E-state index is -0.386. The van der Waals surface area contributed by atoms with Crippen LogP contribution in [0.1, 0.15) is 31.0 Å². The van der Waals surface area contributed by atoms with E-state index in [4.69, 9.17) is 10.5 Å². The molecule has 0 aliphatic carbocycles. The number of esters is 1. The van der Waals surface area contributed by atoms with Crippen LogP contribution in [0.4, 0.5) is 5.82 Å². The minimum Gasteiger partial charge on any atom is -0.469 e. The number of imidazole rings is 1. The van der Waals surface area contributed by atoms with E-state index in [1.54, 1.807) is 18.3 Å². The number of nitrogens with two attached hydrogens (primary N) is 1. The Morgan fingerprint density at radius 3 is 2.93 bits per heavy atom. The highest BCUT2D eigenvalue weighted by Gasteiger charge is 2.15. The number of rotatable bonds is 8. The smallest absolute Gasteiger partial charge is 0.328 e. The molecule has 28 heavy (non-hydrogen) atoms. The highest BCUT2D eigenvalue weighted by Crippen LogP contribution is 2.19. The molecule has 0 aliphatic rings. The van der Waals surface area contributed by atoms with Crippen molar-refractivity contribution in [3.63, 3.8) is 0 Å². The predicted octanol–water partition coefficient (Wildman–Crippen LogP) is 1.04. The van der Waals surface area contributed by atoms with Gasteiger partial charge in [-0.2, -0.15) is 9.97 Å². The van der Waals surface area contributed by atoms with Gasteiger partial charge in [0, 0.05) is 6.20 Å². The number of hydrogen-bond donors (Lipinski definition) is 2. The molecule has 0 fully saturated rings. The van der Waals surface area contributed by atoms with Crippen molar-refractivity contribution >= 4 is 23.0 Å². The molecular weight excluding hydrogens is 364 g/mol. The first-order valence-corrected chi connectivity index (χ1v) is 8.91. The number of carbonyl (C=O) groups is 1. The van der Waals surface area contributed by atoms with Crippen LogP contribution >= 0.6 is 0 Å². The number of nitrogens with one attached hydrogen (secondary N) is 1. The van der Waals surface area contributed by atoms with Crippen molar-refractivity contribution < 1.29 is 14.3 Å². The van der Waals surface area contributed by atoms with E-state index in [0.717, 1.165) is 18.4 Å². The summed E-state index contributed by atoms with van der Waals surface area (Å²) >= 11 is 0. The number of ether oxygens (including phenoxy) is 2. The Morgan fingerprint density at radius 2 is 2.18 bits per heavy atom. The van der Waals surface area contributed by atoms with Gasteiger partial charge < -0.3 is 20.2 Å². The molecule has 0 amide bonds. The van der Waals surface area contributed by atoms with E-state index in [0.29, 0.717) is 23.5 Å². The summed E-state index contributed by atoms with van der Waals surface area (Å²) in [5.74, 6) is -0.239. The lowest BCUT2D eigenvalue weighted by atomic mass is 10.2. The summed E-state index contributed by atoms with van der Waals surface area (Å²) in [6.07, 6.45) is 3.47. The maximum absolute atomic E-state index is 12.4. The normalized spacial score (nSPS) is 10.9. The van der Waals surface area contributed by atoms with Gasteiger partial charge in [0.15, 0.2) is 11.5 Å². The van der Waals surface area contributed by atoms with Crippen LogP contribution in [0.5, 0.6) is 6.01 Å². The van der Waals surface area contributed by atoms with E-state index < -0.39 is 0 Å². The van der Waals surface area contributed by atoms with Crippen LogP contribution in [0.15, 0.2) is 23.1 Å². The molecule has 3 N–H and O–H groups in total. The van der Waals surface area contributed by atoms with Crippen LogP contribution in [0.25, 0.3) is 11.2 Å². The predicted molar refractivity (Wildman–Crippen MR) is 102 cm³/mol. The van der Waals surface area contributed by atoms with Gasteiger partial charge in [0.25, 0.3) is 0 Å². The SMILES string of the molecule is CCCCOc1nc(N)c2[nH]c(=O)n(Cc3ccnc(CC(=O)OC)c3)c2n1. The molecule has 0 radical (unpaired) electrons.